The van der Waals surface area contributed by atoms with Gasteiger partial charge in [0.05, 0.1) is 0 Å². The van der Waals surface area contributed by atoms with E-state index in [0.717, 1.165) is 12.3 Å². The summed E-state index contributed by atoms with van der Waals surface area (Å²) >= 11 is 0. The van der Waals surface area contributed by atoms with Crippen LogP contribution in [0.1, 0.15) is 84.5 Å². The van der Waals surface area contributed by atoms with E-state index in [1.165, 1.54) is 64.2 Å². The smallest absolute Gasteiger partial charge is 0.0431 e. The second-order valence-electron chi connectivity index (χ2n) is 7.82. The zero-order chi connectivity index (χ0) is 14.6. The minimum absolute atomic E-state index is 0.364. The molecule has 116 valence electrons. The normalized spacial score (nSPS) is 31.1. The zero-order valence-electron chi connectivity index (χ0n) is 13.7. The van der Waals surface area contributed by atoms with Gasteiger partial charge in [-0.25, -0.2) is 0 Å². The maximum Gasteiger partial charge on any atom is 0.0431 e. The Bertz CT molecular complexity index is 331. The standard InChI is InChI=1S/C19H34O/c1-16-17-11-13-19(15-17,18(16,2)3)12-9-7-5-4-6-8-10-14-20/h17,20H,1,4-15H2,2-3H3. The predicted molar refractivity (Wildman–Crippen MR) is 86.7 cm³/mol. The van der Waals surface area contributed by atoms with Crippen LogP contribution in [0.2, 0.25) is 0 Å². The first-order chi connectivity index (χ1) is 9.53. The molecule has 1 nitrogen and oxygen atoms in total. The van der Waals surface area contributed by atoms with Crippen LogP contribution in [0.15, 0.2) is 12.2 Å². The van der Waals surface area contributed by atoms with E-state index in [9.17, 15) is 0 Å². The lowest BCUT2D eigenvalue weighted by Crippen LogP contribution is -2.34. The third-order valence-electron chi connectivity index (χ3n) is 6.54. The van der Waals surface area contributed by atoms with Crippen LogP contribution in [-0.4, -0.2) is 11.7 Å². The first kappa shape index (κ1) is 16.1. The summed E-state index contributed by atoms with van der Waals surface area (Å²) in [5, 5.41) is 8.75. The van der Waals surface area contributed by atoms with E-state index in [0.29, 0.717) is 17.4 Å². The van der Waals surface area contributed by atoms with Crippen molar-refractivity contribution >= 4 is 0 Å². The summed E-state index contributed by atoms with van der Waals surface area (Å²) < 4.78 is 0. The molecule has 2 rings (SSSR count). The summed E-state index contributed by atoms with van der Waals surface area (Å²) in [7, 11) is 0. The van der Waals surface area contributed by atoms with E-state index in [1.807, 2.05) is 0 Å². The molecule has 1 heteroatoms. The molecule has 0 saturated heterocycles. The summed E-state index contributed by atoms with van der Waals surface area (Å²) in [4.78, 5) is 0. The fourth-order valence-electron chi connectivity index (χ4n) is 4.84. The van der Waals surface area contributed by atoms with Crippen LogP contribution in [0, 0.1) is 16.7 Å². The summed E-state index contributed by atoms with van der Waals surface area (Å²) in [5.74, 6) is 0.837. The van der Waals surface area contributed by atoms with Crippen molar-refractivity contribution in [2.24, 2.45) is 16.7 Å². The van der Waals surface area contributed by atoms with Crippen LogP contribution < -0.4 is 0 Å². The minimum Gasteiger partial charge on any atom is -0.396 e. The molecular weight excluding hydrogens is 244 g/mol. The van der Waals surface area contributed by atoms with Gasteiger partial charge in [0.15, 0.2) is 0 Å². The monoisotopic (exact) mass is 278 g/mol. The van der Waals surface area contributed by atoms with Crippen LogP contribution in [0.5, 0.6) is 0 Å². The average Bonchev–Trinajstić information content (AvgIpc) is 2.92. The van der Waals surface area contributed by atoms with Gasteiger partial charge in [-0.3, -0.25) is 0 Å². The largest absolute Gasteiger partial charge is 0.396 e. The Hall–Kier alpha value is -0.300. The highest BCUT2D eigenvalue weighted by Crippen LogP contribution is 2.68. The van der Waals surface area contributed by atoms with Crippen molar-refractivity contribution in [1.82, 2.24) is 0 Å². The molecule has 0 aromatic heterocycles. The highest BCUT2D eigenvalue weighted by Gasteiger charge is 2.58. The number of fused-ring (bicyclic) bond motifs is 2. The molecule has 2 aliphatic carbocycles. The van der Waals surface area contributed by atoms with Gasteiger partial charge < -0.3 is 5.11 Å². The van der Waals surface area contributed by atoms with Gasteiger partial charge in [0, 0.05) is 6.61 Å². The molecule has 0 radical (unpaired) electrons. The lowest BCUT2D eigenvalue weighted by atomic mass is 9.61. The van der Waals surface area contributed by atoms with Crippen LogP contribution in [-0.2, 0) is 0 Å². The zero-order valence-corrected chi connectivity index (χ0v) is 13.7. The summed E-state index contributed by atoms with van der Waals surface area (Å²) in [6, 6.07) is 0. The molecule has 0 aliphatic heterocycles. The Morgan fingerprint density at radius 3 is 2.20 bits per heavy atom. The van der Waals surface area contributed by atoms with E-state index >= 15 is 0 Å². The number of hydrogen-bond acceptors (Lipinski definition) is 1. The Labute approximate surface area is 125 Å². The van der Waals surface area contributed by atoms with Crippen molar-refractivity contribution in [2.45, 2.75) is 84.5 Å². The second-order valence-corrected chi connectivity index (χ2v) is 7.82. The van der Waals surface area contributed by atoms with Gasteiger partial charge >= 0.3 is 0 Å². The van der Waals surface area contributed by atoms with Gasteiger partial charge in [0.25, 0.3) is 0 Å². The fourth-order valence-corrected chi connectivity index (χ4v) is 4.84. The molecule has 20 heavy (non-hydrogen) atoms. The Morgan fingerprint density at radius 2 is 1.65 bits per heavy atom. The van der Waals surface area contributed by atoms with Crippen LogP contribution in [0.25, 0.3) is 0 Å². The lowest BCUT2D eigenvalue weighted by molar-refractivity contribution is 0.114. The van der Waals surface area contributed by atoms with E-state index in [4.69, 9.17) is 5.11 Å². The number of rotatable bonds is 9. The molecular formula is C19H34O. The minimum atomic E-state index is 0.364. The average molecular weight is 278 g/mol. The summed E-state index contributed by atoms with van der Waals surface area (Å²) in [6.45, 7) is 9.66. The topological polar surface area (TPSA) is 20.2 Å². The molecule has 0 spiro atoms. The van der Waals surface area contributed by atoms with Crippen molar-refractivity contribution in [3.63, 3.8) is 0 Å². The molecule has 2 aliphatic rings. The van der Waals surface area contributed by atoms with Crippen LogP contribution in [0.4, 0.5) is 0 Å². The van der Waals surface area contributed by atoms with E-state index in [1.54, 1.807) is 5.57 Å². The van der Waals surface area contributed by atoms with Crippen molar-refractivity contribution in [2.75, 3.05) is 6.61 Å². The van der Waals surface area contributed by atoms with E-state index in [-0.39, 0.29) is 0 Å². The second kappa shape index (κ2) is 6.64. The van der Waals surface area contributed by atoms with Gasteiger partial charge in [-0.1, -0.05) is 64.5 Å². The van der Waals surface area contributed by atoms with Gasteiger partial charge in [0.2, 0.25) is 0 Å². The summed E-state index contributed by atoms with van der Waals surface area (Å²) in [6.07, 6.45) is 14.7. The maximum atomic E-state index is 8.75. The fraction of sp³-hybridized carbons (Fsp3) is 0.895. The van der Waals surface area contributed by atoms with Crippen molar-refractivity contribution in [1.29, 1.82) is 0 Å². The quantitative estimate of drug-likeness (QED) is 0.437. The number of hydrogen-bond donors (Lipinski definition) is 1. The predicted octanol–water partition coefficient (Wildman–Crippen LogP) is 5.48. The first-order valence-corrected chi connectivity index (χ1v) is 8.84. The lowest BCUT2D eigenvalue weighted by Gasteiger charge is -2.43. The molecule has 2 fully saturated rings. The van der Waals surface area contributed by atoms with Gasteiger partial charge in [-0.05, 0) is 48.9 Å². The van der Waals surface area contributed by atoms with Crippen molar-refractivity contribution in [3.05, 3.63) is 12.2 Å². The highest BCUT2D eigenvalue weighted by molar-refractivity contribution is 5.27. The highest BCUT2D eigenvalue weighted by atomic mass is 16.2. The molecule has 0 heterocycles. The molecule has 2 unspecified atom stereocenters. The molecule has 0 aromatic carbocycles. The number of aliphatic hydroxyl groups is 1. The first-order valence-electron chi connectivity index (χ1n) is 8.84. The number of allylic oxidation sites excluding steroid dienone is 1. The van der Waals surface area contributed by atoms with Gasteiger partial charge in [0.1, 0.15) is 0 Å². The van der Waals surface area contributed by atoms with Crippen molar-refractivity contribution in [3.8, 4) is 0 Å². The van der Waals surface area contributed by atoms with Crippen LogP contribution in [0.3, 0.4) is 0 Å². The Kier molecular flexibility index (Phi) is 5.34. The molecule has 2 saturated carbocycles. The Balaban J connectivity index is 1.66. The third kappa shape index (κ3) is 2.98. The molecule has 0 aromatic rings. The van der Waals surface area contributed by atoms with E-state index < -0.39 is 0 Å². The third-order valence-corrected chi connectivity index (χ3v) is 6.54. The number of unbranched alkanes of at least 4 members (excludes halogenated alkanes) is 6. The SMILES string of the molecule is C=C1C2CCC(CCCCCCCCCO)(C2)C1(C)C. The summed E-state index contributed by atoms with van der Waals surface area (Å²) in [5.41, 5.74) is 2.52. The van der Waals surface area contributed by atoms with Crippen LogP contribution >= 0.6 is 0 Å². The molecule has 1 N–H and O–H groups in total. The number of aliphatic hydroxyl groups excluding tert-OH is 1. The van der Waals surface area contributed by atoms with Gasteiger partial charge in [-0.2, -0.15) is 0 Å². The molecule has 2 atom stereocenters. The maximum absolute atomic E-state index is 8.75. The van der Waals surface area contributed by atoms with E-state index in [2.05, 4.69) is 20.4 Å². The molecule has 2 bridgehead atoms. The van der Waals surface area contributed by atoms with Crippen molar-refractivity contribution < 1.29 is 5.11 Å². The van der Waals surface area contributed by atoms with Gasteiger partial charge in [-0.15, -0.1) is 0 Å². The molecule has 0 amide bonds. The Morgan fingerprint density at radius 1 is 1.05 bits per heavy atom.